The van der Waals surface area contributed by atoms with Crippen molar-refractivity contribution in [1.82, 2.24) is 5.32 Å². The highest BCUT2D eigenvalue weighted by Gasteiger charge is 2.18. The van der Waals surface area contributed by atoms with Crippen LogP contribution in [0.5, 0.6) is 0 Å². The normalized spacial score (nSPS) is 12.4. The largest absolute Gasteiger partial charge is 0.306 e. The Balaban J connectivity index is 2.47. The lowest BCUT2D eigenvalue weighted by molar-refractivity contribution is 0.598. The minimum atomic E-state index is -0.0234. The Kier molecular flexibility index (Phi) is 6.39. The second-order valence-corrected chi connectivity index (χ2v) is 6.75. The van der Waals surface area contributed by atoms with Crippen molar-refractivity contribution in [1.29, 1.82) is 0 Å². The molecule has 1 nitrogen and oxygen atoms in total. The first kappa shape index (κ1) is 17.1. The fourth-order valence-corrected chi connectivity index (χ4v) is 3.05. The Labute approximate surface area is 148 Å². The van der Waals surface area contributed by atoms with Crippen molar-refractivity contribution in [2.24, 2.45) is 0 Å². The van der Waals surface area contributed by atoms with Crippen LogP contribution in [0.15, 0.2) is 40.9 Å². The molecule has 21 heavy (non-hydrogen) atoms. The number of hydrogen-bond acceptors (Lipinski definition) is 1. The van der Waals surface area contributed by atoms with E-state index in [4.69, 9.17) is 34.8 Å². The third-order valence-corrected chi connectivity index (χ3v) is 5.22. The lowest BCUT2D eigenvalue weighted by atomic mass is 9.98. The summed E-state index contributed by atoms with van der Waals surface area (Å²) in [7, 11) is 0. The van der Waals surface area contributed by atoms with Crippen LogP contribution in [0.3, 0.4) is 0 Å². The van der Waals surface area contributed by atoms with Crippen molar-refractivity contribution in [3.63, 3.8) is 0 Å². The van der Waals surface area contributed by atoms with Gasteiger partial charge in [-0.25, -0.2) is 0 Å². The number of halogens is 4. The molecule has 112 valence electrons. The van der Waals surface area contributed by atoms with E-state index in [1.165, 1.54) is 0 Å². The van der Waals surface area contributed by atoms with Crippen molar-refractivity contribution >= 4 is 50.7 Å². The van der Waals surface area contributed by atoms with Gasteiger partial charge < -0.3 is 5.32 Å². The van der Waals surface area contributed by atoms with Gasteiger partial charge in [0, 0.05) is 4.47 Å². The topological polar surface area (TPSA) is 12.0 Å². The van der Waals surface area contributed by atoms with Gasteiger partial charge in [-0.1, -0.05) is 59.9 Å². The lowest BCUT2D eigenvalue weighted by Gasteiger charge is -2.21. The van der Waals surface area contributed by atoms with Crippen molar-refractivity contribution in [3.8, 4) is 0 Å². The second kappa shape index (κ2) is 7.85. The molecule has 2 aromatic carbocycles. The summed E-state index contributed by atoms with van der Waals surface area (Å²) in [6.45, 7) is 3.01. The van der Waals surface area contributed by atoms with Gasteiger partial charge in [0.1, 0.15) is 0 Å². The molecule has 0 radical (unpaired) electrons. The van der Waals surface area contributed by atoms with Gasteiger partial charge in [0.05, 0.1) is 21.1 Å². The molecule has 0 aliphatic heterocycles. The molecule has 0 amide bonds. The first-order valence-electron chi connectivity index (χ1n) is 6.66. The van der Waals surface area contributed by atoms with Gasteiger partial charge in [-0.2, -0.15) is 0 Å². The van der Waals surface area contributed by atoms with Gasteiger partial charge in [0.15, 0.2) is 0 Å². The van der Waals surface area contributed by atoms with E-state index in [2.05, 4.69) is 28.2 Å². The summed E-state index contributed by atoms with van der Waals surface area (Å²) in [4.78, 5) is 0. The molecule has 1 N–H and O–H groups in total. The molecule has 0 aliphatic carbocycles. The average molecular weight is 408 g/mol. The van der Waals surface area contributed by atoms with E-state index in [9.17, 15) is 0 Å². The molecule has 0 aliphatic rings. The van der Waals surface area contributed by atoms with E-state index >= 15 is 0 Å². The quantitative estimate of drug-likeness (QED) is 0.597. The van der Waals surface area contributed by atoms with Gasteiger partial charge in [0.25, 0.3) is 0 Å². The summed E-state index contributed by atoms with van der Waals surface area (Å²) < 4.78 is 0.880. The molecule has 2 rings (SSSR count). The number of hydrogen-bond donors (Lipinski definition) is 1. The molecule has 0 spiro atoms. The molecule has 1 atom stereocenters. The fraction of sp³-hybridized carbons (Fsp3) is 0.250. The Morgan fingerprint density at radius 3 is 2.52 bits per heavy atom. The molecule has 2 aromatic rings. The fourth-order valence-electron chi connectivity index (χ4n) is 2.13. The maximum atomic E-state index is 6.44. The first-order chi connectivity index (χ1) is 10.0. The molecular weight excluding hydrogens is 392 g/mol. The van der Waals surface area contributed by atoms with Gasteiger partial charge in [0.2, 0.25) is 0 Å². The zero-order valence-corrected chi connectivity index (χ0v) is 15.3. The van der Waals surface area contributed by atoms with Crippen LogP contribution in [0.4, 0.5) is 0 Å². The minimum absolute atomic E-state index is 0.0234. The van der Waals surface area contributed by atoms with Crippen molar-refractivity contribution in [2.45, 2.75) is 19.4 Å². The summed E-state index contributed by atoms with van der Waals surface area (Å²) in [6, 6.07) is 11.6. The third-order valence-electron chi connectivity index (χ3n) is 3.17. The van der Waals surface area contributed by atoms with E-state index in [1.807, 2.05) is 36.4 Å². The zero-order chi connectivity index (χ0) is 15.4. The minimum Gasteiger partial charge on any atom is -0.306 e. The molecule has 0 saturated heterocycles. The van der Waals surface area contributed by atoms with Gasteiger partial charge in [-0.05, 0) is 58.2 Å². The highest BCUT2D eigenvalue weighted by molar-refractivity contribution is 9.10. The Morgan fingerprint density at radius 2 is 1.86 bits per heavy atom. The average Bonchev–Trinajstić information content (AvgIpc) is 2.47. The van der Waals surface area contributed by atoms with Crippen LogP contribution in [0, 0.1) is 0 Å². The smallest absolute Gasteiger partial charge is 0.0599 e. The summed E-state index contributed by atoms with van der Waals surface area (Å²) >= 11 is 22.1. The molecule has 0 bridgehead atoms. The number of nitrogens with one attached hydrogen (secondary N) is 1. The Bertz CT molecular complexity index is 631. The Morgan fingerprint density at radius 1 is 1.10 bits per heavy atom. The maximum absolute atomic E-state index is 6.44. The molecule has 5 heteroatoms. The lowest BCUT2D eigenvalue weighted by Crippen LogP contribution is -2.23. The highest BCUT2D eigenvalue weighted by atomic mass is 79.9. The maximum Gasteiger partial charge on any atom is 0.0599 e. The van der Waals surface area contributed by atoms with E-state index in [0.717, 1.165) is 28.6 Å². The molecule has 1 unspecified atom stereocenters. The van der Waals surface area contributed by atoms with Crippen LogP contribution in [0.1, 0.15) is 30.5 Å². The van der Waals surface area contributed by atoms with Crippen LogP contribution in [0.2, 0.25) is 15.1 Å². The van der Waals surface area contributed by atoms with Gasteiger partial charge in [-0.15, -0.1) is 0 Å². The van der Waals surface area contributed by atoms with E-state index in [-0.39, 0.29) is 6.04 Å². The van der Waals surface area contributed by atoms with Crippen LogP contribution >= 0.6 is 50.7 Å². The molecule has 0 saturated carbocycles. The van der Waals surface area contributed by atoms with Crippen LogP contribution in [-0.2, 0) is 0 Å². The number of rotatable bonds is 5. The Hall–Kier alpha value is -0.250. The van der Waals surface area contributed by atoms with Crippen molar-refractivity contribution in [3.05, 3.63) is 67.1 Å². The molecular formula is C16H15BrCl3N. The van der Waals surface area contributed by atoms with Crippen LogP contribution in [0.25, 0.3) is 0 Å². The summed E-state index contributed by atoms with van der Waals surface area (Å²) in [5.41, 5.74) is 2.05. The van der Waals surface area contributed by atoms with Gasteiger partial charge >= 0.3 is 0 Å². The van der Waals surface area contributed by atoms with Crippen LogP contribution < -0.4 is 5.32 Å². The molecule has 0 heterocycles. The summed E-state index contributed by atoms with van der Waals surface area (Å²) in [5.74, 6) is 0. The predicted molar refractivity (Wildman–Crippen MR) is 95.8 cm³/mol. The van der Waals surface area contributed by atoms with E-state index < -0.39 is 0 Å². The summed E-state index contributed by atoms with van der Waals surface area (Å²) in [6.07, 6.45) is 1.03. The van der Waals surface area contributed by atoms with Crippen LogP contribution in [-0.4, -0.2) is 6.54 Å². The highest BCUT2D eigenvalue weighted by Crippen LogP contribution is 2.35. The zero-order valence-electron chi connectivity index (χ0n) is 11.5. The molecule has 0 fully saturated rings. The first-order valence-corrected chi connectivity index (χ1v) is 8.59. The molecule has 0 aromatic heterocycles. The monoisotopic (exact) mass is 405 g/mol. The third kappa shape index (κ3) is 4.14. The van der Waals surface area contributed by atoms with Gasteiger partial charge in [-0.3, -0.25) is 0 Å². The second-order valence-electron chi connectivity index (χ2n) is 4.70. The van der Waals surface area contributed by atoms with Crippen molar-refractivity contribution in [2.75, 3.05) is 6.54 Å². The van der Waals surface area contributed by atoms with E-state index in [1.54, 1.807) is 0 Å². The number of benzene rings is 2. The van der Waals surface area contributed by atoms with Crippen molar-refractivity contribution < 1.29 is 0 Å². The summed E-state index contributed by atoms with van der Waals surface area (Å²) in [5, 5.41) is 5.31. The SMILES string of the molecule is CCCNC(c1ccc(Cl)c(Cl)c1)c1cccc(Br)c1Cl. The van der Waals surface area contributed by atoms with E-state index in [0.29, 0.717) is 15.1 Å². The standard InChI is InChI=1S/C16H15BrCl3N/c1-2-8-21-16(10-6-7-13(18)14(19)9-10)11-4-3-5-12(17)15(11)20/h3-7,9,16,21H,2,8H2,1H3. The predicted octanol–water partition coefficient (Wildman–Crippen LogP) is 6.50.